The molecular weight excluding hydrogens is 266 g/mol. The normalized spacial score (nSPS) is 11.3. The molecule has 0 saturated heterocycles. The fraction of sp³-hybridized carbons (Fsp3) is 0.524. The average molecular weight is 300 g/mol. The lowest BCUT2D eigenvalue weighted by atomic mass is 10.0. The molecule has 122 valence electrons. The van der Waals surface area contributed by atoms with Gasteiger partial charge in [-0.2, -0.15) is 0 Å². The molecule has 0 bridgehead atoms. The van der Waals surface area contributed by atoms with E-state index in [9.17, 15) is 0 Å². The van der Waals surface area contributed by atoms with Crippen LogP contribution in [-0.2, 0) is 13.0 Å². The molecule has 1 aromatic rings. The van der Waals surface area contributed by atoms with Crippen LogP contribution >= 0.6 is 0 Å². The molecule has 0 amide bonds. The minimum atomic E-state index is 0.666. The summed E-state index contributed by atoms with van der Waals surface area (Å²) in [5.41, 5.74) is 5.34. The van der Waals surface area contributed by atoms with Crippen molar-refractivity contribution in [2.45, 2.75) is 66.3 Å². The van der Waals surface area contributed by atoms with E-state index in [0.29, 0.717) is 5.92 Å². The maximum atomic E-state index is 4.15. The molecule has 0 atom stereocenters. The largest absolute Gasteiger partial charge is 0.385 e. The van der Waals surface area contributed by atoms with Crippen LogP contribution in [0.4, 0.5) is 0 Å². The van der Waals surface area contributed by atoms with E-state index >= 15 is 0 Å². The van der Waals surface area contributed by atoms with Gasteiger partial charge in [0.1, 0.15) is 0 Å². The molecule has 0 spiro atoms. The molecule has 1 heteroatoms. The summed E-state index contributed by atoms with van der Waals surface area (Å²) in [6, 6.07) is 6.75. The van der Waals surface area contributed by atoms with Crippen molar-refractivity contribution < 1.29 is 0 Å². The van der Waals surface area contributed by atoms with Gasteiger partial charge in [-0.25, -0.2) is 0 Å². The molecule has 0 saturated carbocycles. The second kappa shape index (κ2) is 10.3. The Labute approximate surface area is 137 Å². The van der Waals surface area contributed by atoms with Crippen molar-refractivity contribution in [2.75, 3.05) is 0 Å². The summed E-state index contributed by atoms with van der Waals surface area (Å²) in [4.78, 5) is 0. The summed E-state index contributed by atoms with van der Waals surface area (Å²) in [6.45, 7) is 13.9. The summed E-state index contributed by atoms with van der Waals surface area (Å²) in [7, 11) is 0. The molecule has 22 heavy (non-hydrogen) atoms. The van der Waals surface area contributed by atoms with Gasteiger partial charge in [-0.3, -0.25) is 0 Å². The molecule has 0 aliphatic carbocycles. The van der Waals surface area contributed by atoms with Gasteiger partial charge in [-0.05, 0) is 61.6 Å². The van der Waals surface area contributed by atoms with Gasteiger partial charge in [-0.15, -0.1) is 0 Å². The number of benzene rings is 1. The number of aryl methyl sites for hydroxylation is 2. The van der Waals surface area contributed by atoms with Gasteiger partial charge in [-0.1, -0.05) is 57.7 Å². The van der Waals surface area contributed by atoms with Gasteiger partial charge in [0.15, 0.2) is 0 Å². The Morgan fingerprint density at radius 3 is 2.73 bits per heavy atom. The molecule has 1 N–H and O–H groups in total. The number of rotatable bonds is 10. The van der Waals surface area contributed by atoms with E-state index in [1.54, 1.807) is 0 Å². The molecule has 0 fully saturated rings. The molecular formula is C21H33N. The van der Waals surface area contributed by atoms with Crippen molar-refractivity contribution in [3.63, 3.8) is 0 Å². The van der Waals surface area contributed by atoms with Crippen molar-refractivity contribution >= 4 is 0 Å². The lowest BCUT2D eigenvalue weighted by molar-refractivity contribution is 0.681. The van der Waals surface area contributed by atoms with Crippen molar-refractivity contribution in [1.82, 2.24) is 5.32 Å². The predicted molar refractivity (Wildman–Crippen MR) is 99.0 cm³/mol. The first kappa shape index (κ1) is 18.5. The number of allylic oxidation sites excluding steroid dienone is 3. The monoisotopic (exact) mass is 299 g/mol. The zero-order valence-corrected chi connectivity index (χ0v) is 14.9. The van der Waals surface area contributed by atoms with Crippen molar-refractivity contribution in [1.29, 1.82) is 0 Å². The van der Waals surface area contributed by atoms with Gasteiger partial charge >= 0.3 is 0 Å². The quantitative estimate of drug-likeness (QED) is 0.417. The highest BCUT2D eigenvalue weighted by molar-refractivity contribution is 5.31. The zero-order chi connectivity index (χ0) is 16.4. The van der Waals surface area contributed by atoms with Crippen LogP contribution in [0.15, 0.2) is 42.6 Å². The van der Waals surface area contributed by atoms with Gasteiger partial charge in [0.25, 0.3) is 0 Å². The van der Waals surface area contributed by atoms with Crippen LogP contribution in [0.2, 0.25) is 0 Å². The van der Waals surface area contributed by atoms with E-state index in [4.69, 9.17) is 0 Å². The molecule has 0 unspecified atom stereocenters. The van der Waals surface area contributed by atoms with E-state index in [0.717, 1.165) is 25.1 Å². The highest BCUT2D eigenvalue weighted by atomic mass is 14.9. The maximum Gasteiger partial charge on any atom is 0.0397 e. The Morgan fingerprint density at radius 1 is 1.27 bits per heavy atom. The topological polar surface area (TPSA) is 12.0 Å². The Balaban J connectivity index is 2.23. The summed E-state index contributed by atoms with van der Waals surface area (Å²) >= 11 is 0. The highest BCUT2D eigenvalue weighted by Crippen LogP contribution is 2.13. The molecule has 1 aromatic carbocycles. The molecule has 1 rings (SSSR count). The number of nitrogens with one attached hydrogen (secondary N) is 1. The van der Waals surface area contributed by atoms with Gasteiger partial charge in [0, 0.05) is 12.2 Å². The van der Waals surface area contributed by atoms with Gasteiger partial charge in [0.2, 0.25) is 0 Å². The standard InChI is InChI=1S/C21H33N/c1-6-21-15-20(14-13-18(21)4)16-22-19(5)12-10-8-7-9-11-17(2)3/h9,11,13-15,17,22H,5-8,10,12,16H2,1-4H3/b11-9+. The third kappa shape index (κ3) is 7.49. The van der Waals surface area contributed by atoms with Crippen LogP contribution in [0.3, 0.4) is 0 Å². The molecule has 0 aliphatic rings. The van der Waals surface area contributed by atoms with Crippen LogP contribution in [0.1, 0.15) is 63.1 Å². The average Bonchev–Trinajstić information content (AvgIpc) is 2.49. The number of hydrogen-bond donors (Lipinski definition) is 1. The molecule has 0 heterocycles. The van der Waals surface area contributed by atoms with Crippen molar-refractivity contribution in [2.24, 2.45) is 5.92 Å². The summed E-state index contributed by atoms with van der Waals surface area (Å²) in [5.74, 6) is 0.666. The van der Waals surface area contributed by atoms with Gasteiger partial charge < -0.3 is 5.32 Å². The summed E-state index contributed by atoms with van der Waals surface area (Å²) in [5, 5.41) is 3.47. The zero-order valence-electron chi connectivity index (χ0n) is 14.9. The van der Waals surface area contributed by atoms with E-state index < -0.39 is 0 Å². The Hall–Kier alpha value is -1.50. The van der Waals surface area contributed by atoms with E-state index in [2.05, 4.69) is 69.9 Å². The molecule has 1 nitrogen and oxygen atoms in total. The Morgan fingerprint density at radius 2 is 2.05 bits per heavy atom. The van der Waals surface area contributed by atoms with Crippen molar-refractivity contribution in [3.05, 3.63) is 59.3 Å². The second-order valence-electron chi connectivity index (χ2n) is 6.49. The van der Waals surface area contributed by atoms with Crippen LogP contribution in [0.5, 0.6) is 0 Å². The smallest absolute Gasteiger partial charge is 0.0397 e. The second-order valence-corrected chi connectivity index (χ2v) is 6.49. The van der Waals surface area contributed by atoms with E-state index in [1.807, 2.05) is 0 Å². The van der Waals surface area contributed by atoms with Crippen LogP contribution in [0.25, 0.3) is 0 Å². The fourth-order valence-electron chi connectivity index (χ4n) is 2.50. The lowest BCUT2D eigenvalue weighted by Gasteiger charge is -2.11. The van der Waals surface area contributed by atoms with Gasteiger partial charge in [0.05, 0.1) is 0 Å². The van der Waals surface area contributed by atoms with Crippen LogP contribution < -0.4 is 5.32 Å². The van der Waals surface area contributed by atoms with Crippen molar-refractivity contribution in [3.8, 4) is 0 Å². The third-order valence-electron chi connectivity index (χ3n) is 3.96. The minimum absolute atomic E-state index is 0.666. The number of unbranched alkanes of at least 4 members (excludes halogenated alkanes) is 2. The molecule has 0 aliphatic heterocycles. The minimum Gasteiger partial charge on any atom is -0.385 e. The first-order valence-corrected chi connectivity index (χ1v) is 8.69. The summed E-state index contributed by atoms with van der Waals surface area (Å²) in [6.07, 6.45) is 10.4. The van der Waals surface area contributed by atoms with E-state index in [1.165, 1.54) is 36.0 Å². The van der Waals surface area contributed by atoms with Crippen LogP contribution in [0, 0.1) is 12.8 Å². The summed E-state index contributed by atoms with van der Waals surface area (Å²) < 4.78 is 0. The molecule has 0 aromatic heterocycles. The third-order valence-corrected chi connectivity index (χ3v) is 3.96. The predicted octanol–water partition coefficient (Wildman–Crippen LogP) is 5.93. The molecule has 0 radical (unpaired) electrons. The Kier molecular flexibility index (Phi) is 8.65. The number of hydrogen-bond acceptors (Lipinski definition) is 1. The first-order valence-electron chi connectivity index (χ1n) is 8.69. The van der Waals surface area contributed by atoms with Crippen LogP contribution in [-0.4, -0.2) is 0 Å². The maximum absolute atomic E-state index is 4.15. The SMILES string of the molecule is C=C(CCCC/C=C/C(C)C)NCc1ccc(C)c(CC)c1. The fourth-order valence-corrected chi connectivity index (χ4v) is 2.50. The van der Waals surface area contributed by atoms with E-state index in [-0.39, 0.29) is 0 Å². The highest BCUT2D eigenvalue weighted by Gasteiger charge is 2.00. The first-order chi connectivity index (χ1) is 10.5. The Bertz CT molecular complexity index is 483. The lowest BCUT2D eigenvalue weighted by Crippen LogP contribution is -2.12.